The van der Waals surface area contributed by atoms with Crippen LogP contribution < -0.4 is 0 Å². The van der Waals surface area contributed by atoms with Crippen molar-refractivity contribution in [1.29, 1.82) is 0 Å². The second-order valence-electron chi connectivity index (χ2n) is 5.60. The summed E-state index contributed by atoms with van der Waals surface area (Å²) in [6.07, 6.45) is 3.24. The number of benzene rings is 1. The summed E-state index contributed by atoms with van der Waals surface area (Å²) in [6, 6.07) is 9.93. The number of hydrogen-bond donors (Lipinski definition) is 0. The van der Waals surface area contributed by atoms with Gasteiger partial charge in [-0.1, -0.05) is 30.3 Å². The molecular formula is C16H15N5OS. The lowest BCUT2D eigenvalue weighted by Crippen LogP contribution is -2.51. The molecule has 1 saturated heterocycles. The number of carbonyl (C=O) groups is 1. The van der Waals surface area contributed by atoms with Gasteiger partial charge < -0.3 is 4.90 Å². The number of thiazole rings is 1. The molecule has 2 aromatic heterocycles. The lowest BCUT2D eigenvalue weighted by Gasteiger charge is -2.38. The van der Waals surface area contributed by atoms with Crippen molar-refractivity contribution < 1.29 is 4.79 Å². The Kier molecular flexibility index (Phi) is 3.63. The van der Waals surface area contributed by atoms with Gasteiger partial charge in [-0.2, -0.15) is 5.10 Å². The van der Waals surface area contributed by atoms with Crippen molar-refractivity contribution in [1.82, 2.24) is 24.6 Å². The quantitative estimate of drug-likeness (QED) is 0.737. The highest BCUT2D eigenvalue weighted by molar-refractivity contribution is 7.13. The van der Waals surface area contributed by atoms with Gasteiger partial charge in [0.2, 0.25) is 0 Å². The van der Waals surface area contributed by atoms with E-state index < -0.39 is 0 Å². The number of nitrogens with zero attached hydrogens (tertiary/aromatic N) is 5. The van der Waals surface area contributed by atoms with Gasteiger partial charge in [0.1, 0.15) is 23.4 Å². The van der Waals surface area contributed by atoms with E-state index in [0.717, 1.165) is 30.2 Å². The normalized spacial score (nSPS) is 14.7. The van der Waals surface area contributed by atoms with E-state index in [1.54, 1.807) is 6.33 Å². The van der Waals surface area contributed by atoms with Gasteiger partial charge in [-0.15, -0.1) is 11.3 Å². The molecule has 0 radical (unpaired) electrons. The average Bonchev–Trinajstić information content (AvgIpc) is 3.22. The molecule has 0 bridgehead atoms. The van der Waals surface area contributed by atoms with Crippen LogP contribution in [0.4, 0.5) is 0 Å². The minimum atomic E-state index is 0.0123. The Labute approximate surface area is 137 Å². The predicted octanol–water partition coefficient (Wildman–Crippen LogP) is 2.17. The fourth-order valence-electron chi connectivity index (χ4n) is 2.69. The molecule has 1 aliphatic rings. The van der Waals surface area contributed by atoms with Crippen LogP contribution in [0.25, 0.3) is 10.6 Å². The minimum absolute atomic E-state index is 0.0123. The Bertz CT molecular complexity index is 793. The summed E-state index contributed by atoms with van der Waals surface area (Å²) in [7, 11) is 0. The minimum Gasteiger partial charge on any atom is -0.336 e. The van der Waals surface area contributed by atoms with Crippen LogP contribution in [-0.2, 0) is 6.54 Å². The van der Waals surface area contributed by atoms with E-state index in [-0.39, 0.29) is 5.91 Å². The third-order valence-corrected chi connectivity index (χ3v) is 4.79. The Morgan fingerprint density at radius 3 is 2.83 bits per heavy atom. The highest BCUT2D eigenvalue weighted by Crippen LogP contribution is 2.26. The van der Waals surface area contributed by atoms with Crippen LogP contribution in [0.5, 0.6) is 0 Å². The molecule has 0 N–H and O–H groups in total. The highest BCUT2D eigenvalue weighted by atomic mass is 32.1. The summed E-state index contributed by atoms with van der Waals surface area (Å²) >= 11 is 1.51. The molecule has 23 heavy (non-hydrogen) atoms. The predicted molar refractivity (Wildman–Crippen MR) is 87.0 cm³/mol. The van der Waals surface area contributed by atoms with Crippen molar-refractivity contribution in [3.63, 3.8) is 0 Å². The Morgan fingerprint density at radius 2 is 2.09 bits per heavy atom. The molecule has 4 rings (SSSR count). The van der Waals surface area contributed by atoms with Crippen molar-refractivity contribution in [2.45, 2.75) is 6.54 Å². The van der Waals surface area contributed by atoms with Crippen LogP contribution in [0.3, 0.4) is 0 Å². The summed E-state index contributed by atoms with van der Waals surface area (Å²) < 4.78 is 1.81. The van der Waals surface area contributed by atoms with Crippen LogP contribution in [0.2, 0.25) is 0 Å². The Hall–Kier alpha value is -2.54. The lowest BCUT2D eigenvalue weighted by molar-refractivity contribution is 0.0456. The first-order valence-corrected chi connectivity index (χ1v) is 8.30. The van der Waals surface area contributed by atoms with Crippen LogP contribution in [0.1, 0.15) is 10.5 Å². The first-order valence-electron chi connectivity index (χ1n) is 7.42. The number of aromatic nitrogens is 4. The maximum absolute atomic E-state index is 12.5. The maximum atomic E-state index is 12.5. The summed E-state index contributed by atoms with van der Waals surface area (Å²) in [5.74, 6) is 0.450. The van der Waals surface area contributed by atoms with Crippen LogP contribution in [0, 0.1) is 5.92 Å². The number of likely N-dealkylation sites (tertiary alicyclic amines) is 1. The smallest absolute Gasteiger partial charge is 0.273 e. The molecule has 3 heterocycles. The SMILES string of the molecule is O=C(c1csc(-c2ccccc2)n1)N1CC(Cn2cncn2)C1. The average molecular weight is 325 g/mol. The fourth-order valence-corrected chi connectivity index (χ4v) is 3.49. The number of hydrogen-bond acceptors (Lipinski definition) is 5. The van der Waals surface area contributed by atoms with Gasteiger partial charge in [-0.3, -0.25) is 9.48 Å². The van der Waals surface area contributed by atoms with E-state index in [0.29, 0.717) is 11.6 Å². The van der Waals surface area contributed by atoms with Gasteiger partial charge in [-0.05, 0) is 0 Å². The van der Waals surface area contributed by atoms with Crippen LogP contribution in [-0.4, -0.2) is 43.6 Å². The van der Waals surface area contributed by atoms with E-state index >= 15 is 0 Å². The van der Waals surface area contributed by atoms with E-state index in [4.69, 9.17) is 0 Å². The largest absolute Gasteiger partial charge is 0.336 e. The summed E-state index contributed by atoms with van der Waals surface area (Å²) in [5, 5.41) is 6.82. The molecule has 1 aliphatic heterocycles. The van der Waals surface area contributed by atoms with E-state index in [1.165, 1.54) is 17.7 Å². The number of rotatable bonds is 4. The van der Waals surface area contributed by atoms with Crippen molar-refractivity contribution in [2.75, 3.05) is 13.1 Å². The summed E-state index contributed by atoms with van der Waals surface area (Å²) in [6.45, 7) is 2.30. The first kappa shape index (κ1) is 14.1. The summed E-state index contributed by atoms with van der Waals surface area (Å²) in [5.41, 5.74) is 1.58. The summed E-state index contributed by atoms with van der Waals surface area (Å²) in [4.78, 5) is 22.7. The zero-order valence-corrected chi connectivity index (χ0v) is 13.2. The van der Waals surface area contributed by atoms with Crippen LogP contribution in [0.15, 0.2) is 48.4 Å². The number of carbonyl (C=O) groups excluding carboxylic acids is 1. The molecule has 0 spiro atoms. The van der Waals surface area contributed by atoms with Crippen molar-refractivity contribution in [3.8, 4) is 10.6 Å². The van der Waals surface area contributed by atoms with Gasteiger partial charge in [0.05, 0.1) is 0 Å². The van der Waals surface area contributed by atoms with Gasteiger partial charge in [0.15, 0.2) is 0 Å². The number of amides is 1. The molecular weight excluding hydrogens is 310 g/mol. The first-order chi connectivity index (χ1) is 11.3. The standard InChI is InChI=1S/C16H15N5OS/c22-16(20-6-12(7-20)8-21-11-17-10-18-21)14-9-23-15(19-14)13-4-2-1-3-5-13/h1-5,9-12H,6-8H2. The molecule has 1 amide bonds. The van der Waals surface area contributed by atoms with Gasteiger partial charge in [-0.25, -0.2) is 9.97 Å². The molecule has 1 aromatic carbocycles. The van der Waals surface area contributed by atoms with Gasteiger partial charge in [0, 0.05) is 36.5 Å². The molecule has 0 unspecified atom stereocenters. The van der Waals surface area contributed by atoms with E-state index in [2.05, 4.69) is 15.1 Å². The zero-order valence-electron chi connectivity index (χ0n) is 12.4. The van der Waals surface area contributed by atoms with Crippen LogP contribution >= 0.6 is 11.3 Å². The second-order valence-corrected chi connectivity index (χ2v) is 6.46. The highest BCUT2D eigenvalue weighted by Gasteiger charge is 2.32. The third kappa shape index (κ3) is 2.87. The molecule has 0 aliphatic carbocycles. The topological polar surface area (TPSA) is 63.9 Å². The lowest BCUT2D eigenvalue weighted by atomic mass is 10.00. The molecule has 6 nitrogen and oxygen atoms in total. The molecule has 116 valence electrons. The Balaban J connectivity index is 1.38. The Morgan fingerprint density at radius 1 is 1.26 bits per heavy atom. The maximum Gasteiger partial charge on any atom is 0.273 e. The monoisotopic (exact) mass is 325 g/mol. The van der Waals surface area contributed by atoms with Gasteiger partial charge in [0.25, 0.3) is 5.91 Å². The second kappa shape index (κ2) is 5.92. The fraction of sp³-hybridized carbons (Fsp3) is 0.250. The molecule has 1 fully saturated rings. The molecule has 7 heteroatoms. The molecule has 0 saturated carbocycles. The van der Waals surface area contributed by atoms with Gasteiger partial charge >= 0.3 is 0 Å². The van der Waals surface area contributed by atoms with E-state index in [1.807, 2.05) is 45.3 Å². The molecule has 3 aromatic rings. The van der Waals surface area contributed by atoms with Crippen molar-refractivity contribution in [2.24, 2.45) is 5.92 Å². The zero-order chi connectivity index (χ0) is 15.6. The molecule has 0 atom stereocenters. The van der Waals surface area contributed by atoms with Crippen molar-refractivity contribution in [3.05, 3.63) is 54.1 Å². The third-order valence-electron chi connectivity index (χ3n) is 3.90. The van der Waals surface area contributed by atoms with E-state index in [9.17, 15) is 4.79 Å². The van der Waals surface area contributed by atoms with Crippen molar-refractivity contribution >= 4 is 17.2 Å².